The van der Waals surface area contributed by atoms with Crippen LogP contribution in [0.1, 0.15) is 55.8 Å². The van der Waals surface area contributed by atoms with Crippen LogP contribution in [0.2, 0.25) is 0 Å². The van der Waals surface area contributed by atoms with Gasteiger partial charge < -0.3 is 10.4 Å². The number of carbonyl (C=O) groups excluding carboxylic acids is 1. The fraction of sp³-hybridized carbons (Fsp3) is 0.529. The third-order valence-electron chi connectivity index (χ3n) is 4.37. The molecule has 2 N–H and O–H groups in total. The van der Waals surface area contributed by atoms with E-state index in [2.05, 4.69) is 5.32 Å². The number of nitrogens with one attached hydrogen (secondary N) is 1. The summed E-state index contributed by atoms with van der Waals surface area (Å²) in [5.74, 6) is -1.59. The third-order valence-corrected chi connectivity index (χ3v) is 6.65. The molecule has 1 aliphatic carbocycles. The summed E-state index contributed by atoms with van der Waals surface area (Å²) in [5, 5.41) is 11.2. The van der Waals surface area contributed by atoms with Crippen molar-refractivity contribution >= 4 is 21.7 Å². The van der Waals surface area contributed by atoms with Gasteiger partial charge >= 0.3 is 5.97 Å². The number of rotatable bonds is 7. The molecule has 24 heavy (non-hydrogen) atoms. The van der Waals surface area contributed by atoms with Crippen molar-refractivity contribution in [2.45, 2.75) is 61.6 Å². The predicted octanol–water partition coefficient (Wildman–Crippen LogP) is 2.39. The Morgan fingerprint density at radius 3 is 2.29 bits per heavy atom. The molecule has 0 aliphatic heterocycles. The molecule has 0 spiro atoms. The maximum Gasteiger partial charge on any atom is 0.326 e. The molecule has 1 atom stereocenters. The van der Waals surface area contributed by atoms with Crippen LogP contribution in [0.5, 0.6) is 0 Å². The van der Waals surface area contributed by atoms with E-state index in [1.165, 1.54) is 24.3 Å². The highest BCUT2D eigenvalue weighted by atomic mass is 32.2. The fourth-order valence-corrected chi connectivity index (χ4v) is 4.83. The molecule has 1 aromatic carbocycles. The van der Waals surface area contributed by atoms with Crippen molar-refractivity contribution in [1.82, 2.24) is 5.32 Å². The summed E-state index contributed by atoms with van der Waals surface area (Å²) in [6.45, 7) is 1.84. The molecule has 1 saturated carbocycles. The summed E-state index contributed by atoms with van der Waals surface area (Å²) in [6, 6.07) is 4.78. The summed E-state index contributed by atoms with van der Waals surface area (Å²) in [4.78, 5) is 23.4. The Hall–Kier alpha value is -1.89. The second kappa shape index (κ2) is 7.79. The SMILES string of the molecule is CCCC(NC(=O)c1ccc(S(=O)(=O)C2CCCC2)cc1)C(=O)O. The van der Waals surface area contributed by atoms with E-state index in [4.69, 9.17) is 5.11 Å². The first-order valence-electron chi connectivity index (χ1n) is 8.24. The largest absolute Gasteiger partial charge is 0.480 e. The molecule has 0 saturated heterocycles. The molecule has 6 nitrogen and oxygen atoms in total. The molecule has 132 valence electrons. The van der Waals surface area contributed by atoms with Crippen molar-refractivity contribution in [3.05, 3.63) is 29.8 Å². The van der Waals surface area contributed by atoms with E-state index in [-0.39, 0.29) is 15.7 Å². The summed E-state index contributed by atoms with van der Waals surface area (Å²) < 4.78 is 25.0. The zero-order chi connectivity index (χ0) is 17.7. The molecule has 2 rings (SSSR count). The minimum Gasteiger partial charge on any atom is -0.480 e. The highest BCUT2D eigenvalue weighted by Crippen LogP contribution is 2.29. The van der Waals surface area contributed by atoms with Gasteiger partial charge in [0.05, 0.1) is 10.1 Å². The quantitative estimate of drug-likeness (QED) is 0.784. The van der Waals surface area contributed by atoms with Crippen LogP contribution in [0.3, 0.4) is 0 Å². The zero-order valence-electron chi connectivity index (χ0n) is 13.7. The van der Waals surface area contributed by atoms with Gasteiger partial charge in [-0.1, -0.05) is 26.2 Å². The van der Waals surface area contributed by atoms with Crippen molar-refractivity contribution < 1.29 is 23.1 Å². The molecule has 1 unspecified atom stereocenters. The average Bonchev–Trinajstić information content (AvgIpc) is 3.09. The van der Waals surface area contributed by atoms with Gasteiger partial charge in [-0.2, -0.15) is 0 Å². The Morgan fingerprint density at radius 1 is 1.21 bits per heavy atom. The van der Waals surface area contributed by atoms with E-state index in [0.717, 1.165) is 12.8 Å². The normalized spacial score (nSPS) is 16.7. The lowest BCUT2D eigenvalue weighted by Gasteiger charge is -2.14. The Balaban J connectivity index is 2.11. The maximum atomic E-state index is 12.5. The van der Waals surface area contributed by atoms with Crippen molar-refractivity contribution in [3.63, 3.8) is 0 Å². The first-order valence-corrected chi connectivity index (χ1v) is 9.78. The van der Waals surface area contributed by atoms with Crippen LogP contribution < -0.4 is 5.32 Å². The molecule has 0 heterocycles. The standard InChI is InChI=1S/C17H23NO5S/c1-2-5-15(17(20)21)18-16(19)12-8-10-14(11-9-12)24(22,23)13-6-3-4-7-13/h8-11,13,15H,2-7H2,1H3,(H,18,19)(H,20,21). The number of carbonyl (C=O) groups is 2. The van der Waals surface area contributed by atoms with Gasteiger partial charge in [-0.05, 0) is 43.5 Å². The Kier molecular flexibility index (Phi) is 5.99. The lowest BCUT2D eigenvalue weighted by atomic mass is 10.1. The smallest absolute Gasteiger partial charge is 0.326 e. The summed E-state index contributed by atoms with van der Waals surface area (Å²) in [7, 11) is -3.35. The third kappa shape index (κ3) is 4.14. The molecular formula is C17H23NO5S. The molecule has 1 fully saturated rings. The van der Waals surface area contributed by atoms with Crippen molar-refractivity contribution in [2.24, 2.45) is 0 Å². The average molecular weight is 353 g/mol. The molecule has 1 amide bonds. The maximum absolute atomic E-state index is 12.5. The van der Waals surface area contributed by atoms with Crippen molar-refractivity contribution in [1.29, 1.82) is 0 Å². The Morgan fingerprint density at radius 2 is 1.79 bits per heavy atom. The van der Waals surface area contributed by atoms with E-state index in [9.17, 15) is 18.0 Å². The summed E-state index contributed by atoms with van der Waals surface area (Å²) >= 11 is 0. The van der Waals surface area contributed by atoms with E-state index in [1.807, 2.05) is 6.92 Å². The van der Waals surface area contributed by atoms with Gasteiger partial charge in [0.15, 0.2) is 9.84 Å². The van der Waals surface area contributed by atoms with Crippen LogP contribution in [0, 0.1) is 0 Å². The van der Waals surface area contributed by atoms with Gasteiger partial charge in [-0.25, -0.2) is 13.2 Å². The second-order valence-corrected chi connectivity index (χ2v) is 8.36. The van der Waals surface area contributed by atoms with E-state index >= 15 is 0 Å². The molecule has 0 bridgehead atoms. The van der Waals surface area contributed by atoms with Gasteiger partial charge in [0.2, 0.25) is 0 Å². The monoisotopic (exact) mass is 353 g/mol. The minimum absolute atomic E-state index is 0.217. The molecule has 7 heteroatoms. The summed E-state index contributed by atoms with van der Waals surface area (Å²) in [5.41, 5.74) is 0.253. The molecule has 1 aromatic rings. The van der Waals surface area contributed by atoms with Gasteiger partial charge in [0.1, 0.15) is 6.04 Å². The topological polar surface area (TPSA) is 101 Å². The number of sulfone groups is 1. The van der Waals surface area contributed by atoms with Gasteiger partial charge in [0.25, 0.3) is 5.91 Å². The number of carboxylic acid groups (broad SMARTS) is 1. The lowest BCUT2D eigenvalue weighted by Crippen LogP contribution is -2.40. The Bertz CT molecular complexity index is 690. The highest BCUT2D eigenvalue weighted by Gasteiger charge is 2.30. The van der Waals surface area contributed by atoms with Crippen LogP contribution in [0.15, 0.2) is 29.2 Å². The first-order chi connectivity index (χ1) is 11.4. The number of carboxylic acids is 1. The van der Waals surface area contributed by atoms with Gasteiger partial charge in [-0.15, -0.1) is 0 Å². The molecule has 0 radical (unpaired) electrons. The molecular weight excluding hydrogens is 330 g/mol. The van der Waals surface area contributed by atoms with Crippen LogP contribution in [0.4, 0.5) is 0 Å². The number of hydrogen-bond acceptors (Lipinski definition) is 4. The van der Waals surface area contributed by atoms with E-state index < -0.39 is 27.8 Å². The number of amides is 1. The van der Waals surface area contributed by atoms with Gasteiger partial charge in [0, 0.05) is 5.56 Å². The number of benzene rings is 1. The number of aliphatic carboxylic acids is 1. The first kappa shape index (κ1) is 18.4. The van der Waals surface area contributed by atoms with E-state index in [0.29, 0.717) is 25.7 Å². The number of hydrogen-bond donors (Lipinski definition) is 2. The second-order valence-electron chi connectivity index (χ2n) is 6.13. The van der Waals surface area contributed by atoms with Crippen LogP contribution in [-0.2, 0) is 14.6 Å². The van der Waals surface area contributed by atoms with E-state index in [1.54, 1.807) is 0 Å². The van der Waals surface area contributed by atoms with Gasteiger partial charge in [-0.3, -0.25) is 4.79 Å². The van der Waals surface area contributed by atoms with Crippen molar-refractivity contribution in [2.75, 3.05) is 0 Å². The zero-order valence-corrected chi connectivity index (χ0v) is 14.5. The Labute approximate surface area is 142 Å². The van der Waals surface area contributed by atoms with Crippen LogP contribution in [0.25, 0.3) is 0 Å². The summed E-state index contributed by atoms with van der Waals surface area (Å²) in [6.07, 6.45) is 4.20. The lowest BCUT2D eigenvalue weighted by molar-refractivity contribution is -0.139. The fourth-order valence-electron chi connectivity index (χ4n) is 2.97. The molecule has 1 aliphatic rings. The highest BCUT2D eigenvalue weighted by molar-refractivity contribution is 7.92. The van der Waals surface area contributed by atoms with Crippen LogP contribution >= 0.6 is 0 Å². The van der Waals surface area contributed by atoms with Crippen molar-refractivity contribution in [3.8, 4) is 0 Å². The van der Waals surface area contributed by atoms with Crippen LogP contribution in [-0.4, -0.2) is 36.7 Å². The minimum atomic E-state index is -3.35. The molecule has 0 aromatic heterocycles. The predicted molar refractivity (Wildman–Crippen MR) is 89.7 cm³/mol.